The SMILES string of the molecule is FC(F)Oc1ccc(Cl)cc1CNc1ccc(Cl)cc1. The fourth-order valence-electron chi connectivity index (χ4n) is 1.66. The van der Waals surface area contributed by atoms with Crippen molar-refractivity contribution in [2.75, 3.05) is 5.32 Å². The summed E-state index contributed by atoms with van der Waals surface area (Å²) in [4.78, 5) is 0. The summed E-state index contributed by atoms with van der Waals surface area (Å²) in [5.41, 5.74) is 1.37. The molecular weight excluding hydrogens is 307 g/mol. The van der Waals surface area contributed by atoms with Gasteiger partial charge in [-0.25, -0.2) is 0 Å². The number of anilines is 1. The number of rotatable bonds is 5. The Balaban J connectivity index is 2.11. The molecule has 0 saturated heterocycles. The number of alkyl halides is 2. The average molecular weight is 318 g/mol. The van der Waals surface area contributed by atoms with Gasteiger partial charge in [0.25, 0.3) is 0 Å². The lowest BCUT2D eigenvalue weighted by Crippen LogP contribution is -2.07. The minimum absolute atomic E-state index is 0.103. The second-order valence-electron chi connectivity index (χ2n) is 3.99. The van der Waals surface area contributed by atoms with E-state index in [1.165, 1.54) is 12.1 Å². The first kappa shape index (κ1) is 14.9. The van der Waals surface area contributed by atoms with Crippen LogP contribution in [0.1, 0.15) is 5.56 Å². The molecule has 0 unspecified atom stereocenters. The summed E-state index contributed by atoms with van der Waals surface area (Å²) in [7, 11) is 0. The van der Waals surface area contributed by atoms with Gasteiger partial charge >= 0.3 is 6.61 Å². The molecule has 1 N–H and O–H groups in total. The van der Waals surface area contributed by atoms with Crippen LogP contribution in [0.25, 0.3) is 0 Å². The maximum Gasteiger partial charge on any atom is 0.387 e. The molecule has 0 saturated carbocycles. The molecule has 0 aromatic heterocycles. The second-order valence-corrected chi connectivity index (χ2v) is 4.86. The maximum absolute atomic E-state index is 12.3. The number of nitrogens with one attached hydrogen (secondary N) is 1. The zero-order valence-corrected chi connectivity index (χ0v) is 11.8. The molecule has 106 valence electrons. The molecule has 0 aliphatic carbocycles. The van der Waals surface area contributed by atoms with Crippen molar-refractivity contribution in [1.29, 1.82) is 0 Å². The van der Waals surface area contributed by atoms with Crippen LogP contribution in [0.15, 0.2) is 42.5 Å². The topological polar surface area (TPSA) is 21.3 Å². The Bertz CT molecular complexity index is 576. The fourth-order valence-corrected chi connectivity index (χ4v) is 1.98. The third kappa shape index (κ3) is 4.25. The quantitative estimate of drug-likeness (QED) is 0.817. The number of hydrogen-bond donors (Lipinski definition) is 1. The zero-order chi connectivity index (χ0) is 14.5. The summed E-state index contributed by atoms with van der Waals surface area (Å²) < 4.78 is 29.1. The van der Waals surface area contributed by atoms with Gasteiger partial charge in [-0.05, 0) is 42.5 Å². The Kier molecular flexibility index (Phi) is 5.04. The highest BCUT2D eigenvalue weighted by molar-refractivity contribution is 6.30. The van der Waals surface area contributed by atoms with E-state index in [1.54, 1.807) is 30.3 Å². The Morgan fingerprint density at radius 2 is 1.65 bits per heavy atom. The van der Waals surface area contributed by atoms with Crippen molar-refractivity contribution in [2.45, 2.75) is 13.2 Å². The van der Waals surface area contributed by atoms with Crippen LogP contribution in [-0.2, 0) is 6.54 Å². The van der Waals surface area contributed by atoms with Crippen LogP contribution in [0, 0.1) is 0 Å². The smallest absolute Gasteiger partial charge is 0.387 e. The summed E-state index contributed by atoms with van der Waals surface area (Å²) in [5.74, 6) is 0.103. The van der Waals surface area contributed by atoms with Crippen molar-refractivity contribution in [1.82, 2.24) is 0 Å². The van der Waals surface area contributed by atoms with E-state index in [9.17, 15) is 8.78 Å². The van der Waals surface area contributed by atoms with Gasteiger partial charge in [0.2, 0.25) is 0 Å². The van der Waals surface area contributed by atoms with Gasteiger partial charge in [0.05, 0.1) is 0 Å². The van der Waals surface area contributed by atoms with Gasteiger partial charge in [-0.2, -0.15) is 8.78 Å². The molecule has 0 heterocycles. The molecule has 2 nitrogen and oxygen atoms in total. The molecule has 2 aromatic rings. The molecule has 2 rings (SSSR count). The van der Waals surface area contributed by atoms with Crippen molar-refractivity contribution in [2.24, 2.45) is 0 Å². The first-order valence-electron chi connectivity index (χ1n) is 5.77. The summed E-state index contributed by atoms with van der Waals surface area (Å²) in [6, 6.07) is 11.6. The molecule has 0 aliphatic rings. The zero-order valence-electron chi connectivity index (χ0n) is 10.2. The molecule has 6 heteroatoms. The molecule has 0 spiro atoms. The Morgan fingerprint density at radius 3 is 2.30 bits per heavy atom. The van der Waals surface area contributed by atoms with Crippen molar-refractivity contribution >= 4 is 28.9 Å². The van der Waals surface area contributed by atoms with Gasteiger partial charge in [0.15, 0.2) is 0 Å². The van der Waals surface area contributed by atoms with Crippen LogP contribution in [0.4, 0.5) is 14.5 Å². The molecule has 20 heavy (non-hydrogen) atoms. The van der Waals surface area contributed by atoms with Gasteiger partial charge in [-0.1, -0.05) is 23.2 Å². The Morgan fingerprint density at radius 1 is 1.00 bits per heavy atom. The van der Waals surface area contributed by atoms with E-state index < -0.39 is 6.61 Å². The van der Waals surface area contributed by atoms with Gasteiger partial charge in [0.1, 0.15) is 5.75 Å². The predicted molar refractivity (Wildman–Crippen MR) is 76.9 cm³/mol. The van der Waals surface area contributed by atoms with Crippen LogP contribution < -0.4 is 10.1 Å². The molecule has 0 amide bonds. The third-order valence-electron chi connectivity index (χ3n) is 2.57. The van der Waals surface area contributed by atoms with E-state index in [4.69, 9.17) is 23.2 Å². The number of ether oxygens (including phenoxy) is 1. The summed E-state index contributed by atoms with van der Waals surface area (Å²) >= 11 is 11.7. The van der Waals surface area contributed by atoms with Crippen LogP contribution in [0.3, 0.4) is 0 Å². The summed E-state index contributed by atoms with van der Waals surface area (Å²) in [6.07, 6.45) is 0. The highest BCUT2D eigenvalue weighted by Crippen LogP contribution is 2.25. The molecular formula is C14H11Cl2F2NO. The first-order valence-corrected chi connectivity index (χ1v) is 6.53. The lowest BCUT2D eigenvalue weighted by atomic mass is 10.2. The Hall–Kier alpha value is -1.52. The second kappa shape index (κ2) is 6.77. The number of benzene rings is 2. The van der Waals surface area contributed by atoms with E-state index >= 15 is 0 Å². The van der Waals surface area contributed by atoms with Gasteiger partial charge in [0, 0.05) is 27.8 Å². The maximum atomic E-state index is 12.3. The lowest BCUT2D eigenvalue weighted by Gasteiger charge is -2.12. The summed E-state index contributed by atoms with van der Waals surface area (Å²) in [6.45, 7) is -2.56. The first-order chi connectivity index (χ1) is 9.54. The van der Waals surface area contributed by atoms with Crippen molar-refractivity contribution < 1.29 is 13.5 Å². The van der Waals surface area contributed by atoms with Gasteiger partial charge in [-0.15, -0.1) is 0 Å². The monoisotopic (exact) mass is 317 g/mol. The van der Waals surface area contributed by atoms with Crippen LogP contribution >= 0.6 is 23.2 Å². The fraction of sp³-hybridized carbons (Fsp3) is 0.143. The van der Waals surface area contributed by atoms with E-state index in [0.717, 1.165) is 5.69 Å². The molecule has 0 aliphatic heterocycles. The molecule has 0 radical (unpaired) electrons. The number of halogens is 4. The van der Waals surface area contributed by atoms with Crippen molar-refractivity contribution in [3.05, 3.63) is 58.1 Å². The number of hydrogen-bond acceptors (Lipinski definition) is 2. The minimum Gasteiger partial charge on any atom is -0.434 e. The highest BCUT2D eigenvalue weighted by Gasteiger charge is 2.10. The molecule has 2 aromatic carbocycles. The third-order valence-corrected chi connectivity index (χ3v) is 3.05. The van der Waals surface area contributed by atoms with Crippen LogP contribution in [0.2, 0.25) is 10.0 Å². The standard InChI is InChI=1S/C14H11Cl2F2NO/c15-10-1-4-12(5-2-10)19-8-9-7-11(16)3-6-13(9)20-14(17)18/h1-7,14,19H,8H2. The summed E-state index contributed by atoms with van der Waals surface area (Å²) in [5, 5.41) is 4.17. The van der Waals surface area contributed by atoms with Gasteiger partial charge < -0.3 is 10.1 Å². The van der Waals surface area contributed by atoms with E-state index in [-0.39, 0.29) is 5.75 Å². The van der Waals surface area contributed by atoms with E-state index in [1.807, 2.05) is 0 Å². The average Bonchev–Trinajstić information content (AvgIpc) is 2.40. The van der Waals surface area contributed by atoms with Gasteiger partial charge in [-0.3, -0.25) is 0 Å². The van der Waals surface area contributed by atoms with Crippen molar-refractivity contribution in [3.63, 3.8) is 0 Å². The lowest BCUT2D eigenvalue weighted by molar-refractivity contribution is -0.0504. The normalized spacial score (nSPS) is 10.7. The minimum atomic E-state index is -2.87. The Labute approximate surface area is 125 Å². The molecule has 0 bridgehead atoms. The predicted octanol–water partition coefficient (Wildman–Crippen LogP) is 5.21. The molecule has 0 atom stereocenters. The van der Waals surface area contributed by atoms with Crippen molar-refractivity contribution in [3.8, 4) is 5.75 Å². The van der Waals surface area contributed by atoms with Crippen LogP contribution in [-0.4, -0.2) is 6.61 Å². The van der Waals surface area contributed by atoms with E-state index in [2.05, 4.69) is 10.1 Å². The molecule has 0 fully saturated rings. The van der Waals surface area contributed by atoms with E-state index in [0.29, 0.717) is 22.2 Å². The largest absolute Gasteiger partial charge is 0.434 e. The highest BCUT2D eigenvalue weighted by atomic mass is 35.5. The van der Waals surface area contributed by atoms with Crippen LogP contribution in [0.5, 0.6) is 5.75 Å².